The van der Waals surface area contributed by atoms with E-state index >= 15 is 0 Å². The maximum Gasteiger partial charge on any atom is 0.147 e. The van der Waals surface area contributed by atoms with Crippen molar-refractivity contribution in [2.75, 3.05) is 25.1 Å². The summed E-state index contributed by atoms with van der Waals surface area (Å²) in [5.41, 5.74) is 0. The Morgan fingerprint density at radius 2 is 2.12 bits per heavy atom. The molecule has 0 N–H and O–H groups in total. The highest BCUT2D eigenvalue weighted by Gasteiger charge is 2.25. The van der Waals surface area contributed by atoms with Crippen molar-refractivity contribution >= 4 is 15.6 Å². The van der Waals surface area contributed by atoms with Crippen molar-refractivity contribution in [3.8, 4) is 0 Å². The fourth-order valence-corrected chi connectivity index (χ4v) is 2.94. The van der Waals surface area contributed by atoms with Gasteiger partial charge in [-0.25, -0.2) is 8.42 Å². The van der Waals surface area contributed by atoms with Crippen LogP contribution in [0, 0.1) is 0 Å². The van der Waals surface area contributed by atoms with E-state index in [9.17, 15) is 13.2 Å². The lowest BCUT2D eigenvalue weighted by Crippen LogP contribution is -2.32. The topological polar surface area (TPSA) is 54.5 Å². The van der Waals surface area contributed by atoms with E-state index in [2.05, 4.69) is 4.90 Å². The van der Waals surface area contributed by atoms with E-state index in [1.54, 1.807) is 6.92 Å². The number of rotatable bonds is 6. The molecule has 1 aliphatic rings. The molecule has 0 saturated carbocycles. The molecule has 1 saturated heterocycles. The van der Waals surface area contributed by atoms with E-state index in [0.29, 0.717) is 18.9 Å². The van der Waals surface area contributed by atoms with Crippen molar-refractivity contribution in [2.45, 2.75) is 38.6 Å². The lowest BCUT2D eigenvalue weighted by Gasteiger charge is -2.23. The number of carbonyl (C=O) groups is 1. The summed E-state index contributed by atoms with van der Waals surface area (Å²) >= 11 is 0. The first kappa shape index (κ1) is 13.6. The zero-order chi connectivity index (χ0) is 12.2. The van der Waals surface area contributed by atoms with Gasteiger partial charge in [0.2, 0.25) is 0 Å². The number of nitrogens with zero attached hydrogens (tertiary/aromatic N) is 1. The molecule has 0 aromatic carbocycles. The molecule has 4 nitrogen and oxygen atoms in total. The van der Waals surface area contributed by atoms with Crippen LogP contribution in [0.5, 0.6) is 0 Å². The van der Waals surface area contributed by atoms with Crippen molar-refractivity contribution in [3.05, 3.63) is 0 Å². The third-order valence-corrected chi connectivity index (χ3v) is 4.01. The number of carbonyl (C=O) groups excluding carboxylic acids is 1. The minimum atomic E-state index is -2.85. The normalized spacial score (nSPS) is 22.5. The van der Waals surface area contributed by atoms with E-state index in [0.717, 1.165) is 25.9 Å². The van der Waals surface area contributed by atoms with Crippen LogP contribution < -0.4 is 0 Å². The molecule has 0 spiro atoms. The lowest BCUT2D eigenvalue weighted by atomic mass is 10.1. The van der Waals surface area contributed by atoms with Gasteiger partial charge in [0, 0.05) is 18.7 Å². The number of likely N-dealkylation sites (tertiary alicyclic amines) is 1. The molecule has 0 aromatic heterocycles. The summed E-state index contributed by atoms with van der Waals surface area (Å²) in [7, 11) is -2.85. The summed E-state index contributed by atoms with van der Waals surface area (Å²) in [4.78, 5) is 13.3. The van der Waals surface area contributed by atoms with E-state index in [1.807, 2.05) is 0 Å². The number of sulfone groups is 1. The second-order valence-electron chi connectivity index (χ2n) is 4.72. The van der Waals surface area contributed by atoms with Gasteiger partial charge < -0.3 is 0 Å². The minimum Gasteiger partial charge on any atom is -0.300 e. The number of hydrogen-bond acceptors (Lipinski definition) is 4. The molecule has 1 rings (SSSR count). The van der Waals surface area contributed by atoms with Gasteiger partial charge in [-0.05, 0) is 39.3 Å². The Morgan fingerprint density at radius 1 is 1.44 bits per heavy atom. The Labute approximate surface area is 97.9 Å². The number of Topliss-reactive ketones (excluding diaryl/α,β-unsaturated/α-hetero) is 1. The molecular formula is C11H21NO3S. The lowest BCUT2D eigenvalue weighted by molar-refractivity contribution is -0.118. The Balaban J connectivity index is 2.33. The molecule has 0 aromatic rings. The van der Waals surface area contributed by atoms with Crippen molar-refractivity contribution in [1.29, 1.82) is 0 Å². The highest BCUT2D eigenvalue weighted by molar-refractivity contribution is 7.90. The molecule has 94 valence electrons. The molecule has 1 unspecified atom stereocenters. The van der Waals surface area contributed by atoms with Crippen LogP contribution in [0.15, 0.2) is 0 Å². The first-order valence-corrected chi connectivity index (χ1v) is 7.86. The van der Waals surface area contributed by atoms with Crippen LogP contribution in [0.1, 0.15) is 32.6 Å². The summed E-state index contributed by atoms with van der Waals surface area (Å²) in [6, 6.07) is 0.345. The molecule has 0 aliphatic carbocycles. The molecule has 1 fully saturated rings. The van der Waals surface area contributed by atoms with Crippen LogP contribution >= 0.6 is 0 Å². The van der Waals surface area contributed by atoms with Gasteiger partial charge in [-0.1, -0.05) is 0 Å². The molecule has 0 bridgehead atoms. The van der Waals surface area contributed by atoms with Crippen molar-refractivity contribution < 1.29 is 13.2 Å². The quantitative estimate of drug-likeness (QED) is 0.698. The molecule has 16 heavy (non-hydrogen) atoms. The van der Waals surface area contributed by atoms with Gasteiger partial charge in [0.1, 0.15) is 15.6 Å². The third-order valence-electron chi connectivity index (χ3n) is 2.98. The van der Waals surface area contributed by atoms with Crippen LogP contribution in [-0.4, -0.2) is 50.2 Å². The molecular weight excluding hydrogens is 226 g/mol. The molecule has 1 heterocycles. The average molecular weight is 247 g/mol. The zero-order valence-corrected chi connectivity index (χ0v) is 10.9. The number of hydrogen-bond donors (Lipinski definition) is 0. The first-order chi connectivity index (χ1) is 7.38. The zero-order valence-electron chi connectivity index (χ0n) is 10.1. The molecule has 0 amide bonds. The fraction of sp³-hybridized carbons (Fsp3) is 0.909. The Hall–Kier alpha value is -0.420. The fourth-order valence-electron chi connectivity index (χ4n) is 2.28. The van der Waals surface area contributed by atoms with E-state index in [-0.39, 0.29) is 11.5 Å². The minimum absolute atomic E-state index is 0.222. The number of ketones is 1. The highest BCUT2D eigenvalue weighted by atomic mass is 32.2. The van der Waals surface area contributed by atoms with Gasteiger partial charge in [-0.2, -0.15) is 0 Å². The Morgan fingerprint density at radius 3 is 2.69 bits per heavy atom. The van der Waals surface area contributed by atoms with Crippen LogP contribution in [0.3, 0.4) is 0 Å². The summed E-state index contributed by atoms with van der Waals surface area (Å²) in [6.07, 6.45) is 4.74. The second-order valence-corrected chi connectivity index (χ2v) is 6.98. The largest absolute Gasteiger partial charge is 0.300 e. The van der Waals surface area contributed by atoms with Crippen molar-refractivity contribution in [1.82, 2.24) is 4.90 Å². The van der Waals surface area contributed by atoms with E-state index in [4.69, 9.17) is 0 Å². The van der Waals surface area contributed by atoms with Crippen LogP contribution in [0.4, 0.5) is 0 Å². The first-order valence-electron chi connectivity index (χ1n) is 5.80. The van der Waals surface area contributed by atoms with Crippen molar-refractivity contribution in [2.24, 2.45) is 0 Å². The summed E-state index contributed by atoms with van der Waals surface area (Å²) in [6.45, 7) is 3.42. The predicted molar refractivity (Wildman–Crippen MR) is 64.2 cm³/mol. The SMILES string of the molecule is CC(=O)CC1CCCN1CCCS(C)(=O)=O. The van der Waals surface area contributed by atoms with E-state index in [1.165, 1.54) is 6.26 Å². The molecule has 5 heteroatoms. The van der Waals surface area contributed by atoms with Gasteiger partial charge in [-0.15, -0.1) is 0 Å². The summed E-state index contributed by atoms with van der Waals surface area (Å²) < 4.78 is 22.0. The standard InChI is InChI=1S/C11H21NO3S/c1-10(13)9-11-5-3-6-12(11)7-4-8-16(2,14)15/h11H,3-9H2,1-2H3. The highest BCUT2D eigenvalue weighted by Crippen LogP contribution is 2.20. The van der Waals surface area contributed by atoms with E-state index < -0.39 is 9.84 Å². The summed E-state index contributed by atoms with van der Waals surface area (Å²) in [5, 5.41) is 0. The molecule has 1 aliphatic heterocycles. The summed E-state index contributed by atoms with van der Waals surface area (Å²) in [5.74, 6) is 0.469. The second kappa shape index (κ2) is 5.77. The van der Waals surface area contributed by atoms with Crippen molar-refractivity contribution in [3.63, 3.8) is 0 Å². The smallest absolute Gasteiger partial charge is 0.147 e. The molecule has 0 radical (unpaired) electrons. The van der Waals surface area contributed by atoms with Gasteiger partial charge in [-0.3, -0.25) is 9.69 Å². The van der Waals surface area contributed by atoms with Gasteiger partial charge in [0.05, 0.1) is 5.75 Å². The van der Waals surface area contributed by atoms with Crippen LogP contribution in [0.2, 0.25) is 0 Å². The maximum atomic E-state index is 11.1. The van der Waals surface area contributed by atoms with Gasteiger partial charge in [0.25, 0.3) is 0 Å². The average Bonchev–Trinajstić information content (AvgIpc) is 2.49. The molecule has 1 atom stereocenters. The maximum absolute atomic E-state index is 11.1. The third kappa shape index (κ3) is 5.07. The van der Waals surface area contributed by atoms with Crippen LogP contribution in [0.25, 0.3) is 0 Å². The van der Waals surface area contributed by atoms with Gasteiger partial charge in [0.15, 0.2) is 0 Å². The van der Waals surface area contributed by atoms with Crippen LogP contribution in [-0.2, 0) is 14.6 Å². The Kier molecular flexibility index (Phi) is 4.92. The monoisotopic (exact) mass is 247 g/mol. The Bertz CT molecular complexity index is 337. The van der Waals surface area contributed by atoms with Gasteiger partial charge >= 0.3 is 0 Å². The predicted octanol–water partition coefficient (Wildman–Crippen LogP) is 0.865.